The monoisotopic (exact) mass is 371 g/mol. The van der Waals surface area contributed by atoms with Gasteiger partial charge in [0.25, 0.3) is 0 Å². The third-order valence-corrected chi connectivity index (χ3v) is 3.63. The largest absolute Gasteiger partial charge is 0.507 e. The molecule has 0 aliphatic rings. The summed E-state index contributed by atoms with van der Waals surface area (Å²) in [5.41, 5.74) is 2.78. The van der Waals surface area contributed by atoms with Crippen molar-refractivity contribution in [3.8, 4) is 17.2 Å². The number of nitrogens with zero attached hydrogens (tertiary/aromatic N) is 1. The number of benzene rings is 2. The Morgan fingerprint density at radius 1 is 0.963 bits per heavy atom. The fourth-order valence-corrected chi connectivity index (χ4v) is 2.33. The number of aromatic hydroxyl groups is 1. The summed E-state index contributed by atoms with van der Waals surface area (Å²) in [6.45, 7) is 3.69. The van der Waals surface area contributed by atoms with E-state index in [1.165, 1.54) is 26.4 Å². The summed E-state index contributed by atoms with van der Waals surface area (Å²) in [4.78, 5) is 26.9. The second-order valence-electron chi connectivity index (χ2n) is 5.66. The number of phenols is 1. The quantitative estimate of drug-likeness (QED) is 0.715. The number of hydrogen-bond acceptors (Lipinski definition) is 6. The first-order chi connectivity index (χ1) is 12.8. The van der Waals surface area contributed by atoms with Crippen LogP contribution in [0.3, 0.4) is 0 Å². The second kappa shape index (κ2) is 8.70. The zero-order valence-electron chi connectivity index (χ0n) is 15.5. The molecular formula is C19H21N3O5. The highest BCUT2D eigenvalue weighted by Crippen LogP contribution is 2.30. The topological polar surface area (TPSA) is 109 Å². The maximum absolute atomic E-state index is 11.3. The molecule has 0 saturated carbocycles. The number of amides is 2. The van der Waals surface area contributed by atoms with Gasteiger partial charge in [0.05, 0.1) is 5.69 Å². The fraction of sp³-hybridized carbons (Fsp3) is 0.211. The summed E-state index contributed by atoms with van der Waals surface area (Å²) in [5.74, 6) is 0.559. The van der Waals surface area contributed by atoms with E-state index in [0.29, 0.717) is 17.0 Å². The summed E-state index contributed by atoms with van der Waals surface area (Å²) in [7, 11) is 2.93. The summed E-state index contributed by atoms with van der Waals surface area (Å²) >= 11 is 0. The van der Waals surface area contributed by atoms with Crippen LogP contribution < -0.4 is 20.1 Å². The van der Waals surface area contributed by atoms with Gasteiger partial charge in [0.1, 0.15) is 17.2 Å². The van der Waals surface area contributed by atoms with Crippen LogP contribution in [0.4, 0.5) is 15.3 Å². The highest BCUT2D eigenvalue weighted by molar-refractivity contribution is 5.86. The van der Waals surface area contributed by atoms with E-state index < -0.39 is 12.2 Å². The number of nitrogens with one attached hydrogen (secondary N) is 2. The van der Waals surface area contributed by atoms with E-state index in [4.69, 9.17) is 9.47 Å². The molecule has 0 aliphatic heterocycles. The van der Waals surface area contributed by atoms with Crippen LogP contribution in [0.5, 0.6) is 17.2 Å². The van der Waals surface area contributed by atoms with E-state index in [1.807, 2.05) is 13.8 Å². The van der Waals surface area contributed by atoms with Crippen LogP contribution in [0.25, 0.3) is 0 Å². The highest BCUT2D eigenvalue weighted by atomic mass is 16.6. The summed E-state index contributed by atoms with van der Waals surface area (Å²) in [6.07, 6.45) is 0.336. The molecule has 2 amide bonds. The van der Waals surface area contributed by atoms with Crippen LogP contribution in [0, 0.1) is 13.8 Å². The predicted octanol–water partition coefficient (Wildman–Crippen LogP) is 3.20. The van der Waals surface area contributed by atoms with Gasteiger partial charge in [-0.3, -0.25) is 4.99 Å². The van der Waals surface area contributed by atoms with Crippen molar-refractivity contribution in [3.05, 3.63) is 47.0 Å². The molecule has 8 heteroatoms. The Bertz CT molecular complexity index is 870. The molecule has 27 heavy (non-hydrogen) atoms. The Morgan fingerprint density at radius 3 is 2.04 bits per heavy atom. The first-order valence-electron chi connectivity index (χ1n) is 8.11. The predicted molar refractivity (Wildman–Crippen MR) is 101 cm³/mol. The minimum atomic E-state index is -0.624. The number of phenolic OH excluding ortho intramolecular Hbond substituents is 1. The Balaban J connectivity index is 2.22. The number of aliphatic imine (C=N–C) groups is 1. The molecule has 0 aliphatic carbocycles. The molecule has 0 saturated heterocycles. The lowest BCUT2D eigenvalue weighted by Crippen LogP contribution is -2.22. The van der Waals surface area contributed by atoms with Crippen molar-refractivity contribution in [2.75, 3.05) is 14.1 Å². The Kier molecular flexibility index (Phi) is 6.37. The first kappa shape index (κ1) is 19.8. The molecule has 2 aromatic rings. The molecule has 0 fully saturated rings. The van der Waals surface area contributed by atoms with E-state index in [9.17, 15) is 14.7 Å². The first-order valence-corrected chi connectivity index (χ1v) is 8.11. The SMILES string of the molecule is CNC(=O)Oc1cc(C)c(/N=C/c2ccc(OC(=O)NC)cc2O)c(C)c1. The molecule has 0 unspecified atom stereocenters. The average Bonchev–Trinajstić information content (AvgIpc) is 2.62. The molecule has 142 valence electrons. The van der Waals surface area contributed by atoms with E-state index in [-0.39, 0.29) is 11.5 Å². The van der Waals surface area contributed by atoms with E-state index in [2.05, 4.69) is 15.6 Å². The summed E-state index contributed by atoms with van der Waals surface area (Å²) < 4.78 is 10.1. The van der Waals surface area contributed by atoms with Gasteiger partial charge < -0.3 is 25.2 Å². The molecule has 0 aromatic heterocycles. The molecule has 0 bridgehead atoms. The Labute approximate surface area is 156 Å². The van der Waals surface area contributed by atoms with Gasteiger partial charge in [0.15, 0.2) is 0 Å². The average molecular weight is 371 g/mol. The van der Waals surface area contributed by atoms with Crippen LogP contribution in [-0.2, 0) is 0 Å². The van der Waals surface area contributed by atoms with Crippen LogP contribution in [-0.4, -0.2) is 37.6 Å². The number of ether oxygens (including phenoxy) is 2. The summed E-state index contributed by atoms with van der Waals surface area (Å²) in [6, 6.07) is 7.88. The van der Waals surface area contributed by atoms with Crippen molar-refractivity contribution < 1.29 is 24.2 Å². The van der Waals surface area contributed by atoms with E-state index >= 15 is 0 Å². The third kappa shape index (κ3) is 5.21. The normalized spacial score (nSPS) is 10.5. The van der Waals surface area contributed by atoms with Crippen LogP contribution >= 0.6 is 0 Å². The number of aryl methyl sites for hydroxylation is 2. The maximum Gasteiger partial charge on any atom is 0.412 e. The standard InChI is InChI=1S/C19H21N3O5/c1-11-7-15(27-19(25)21-4)8-12(2)17(11)22-10-13-5-6-14(9-16(13)23)26-18(24)20-3/h5-10,23H,1-4H3,(H,20,24)(H,21,25)/b22-10+. The lowest BCUT2D eigenvalue weighted by Gasteiger charge is -2.09. The Morgan fingerprint density at radius 2 is 1.52 bits per heavy atom. The summed E-state index contributed by atoms with van der Waals surface area (Å²) in [5, 5.41) is 14.8. The second-order valence-corrected chi connectivity index (χ2v) is 5.66. The zero-order chi connectivity index (χ0) is 20.0. The van der Waals surface area contributed by atoms with Crippen molar-refractivity contribution in [1.29, 1.82) is 0 Å². The van der Waals surface area contributed by atoms with Gasteiger partial charge in [-0.15, -0.1) is 0 Å². The smallest absolute Gasteiger partial charge is 0.412 e. The molecule has 2 aromatic carbocycles. The van der Waals surface area contributed by atoms with E-state index in [1.54, 1.807) is 24.3 Å². The van der Waals surface area contributed by atoms with Gasteiger partial charge in [0, 0.05) is 31.9 Å². The van der Waals surface area contributed by atoms with Crippen LogP contribution in [0.1, 0.15) is 16.7 Å². The molecule has 0 heterocycles. The molecule has 0 atom stereocenters. The van der Waals surface area contributed by atoms with Crippen molar-refractivity contribution in [1.82, 2.24) is 10.6 Å². The lowest BCUT2D eigenvalue weighted by molar-refractivity contribution is 0.202. The highest BCUT2D eigenvalue weighted by Gasteiger charge is 2.09. The van der Waals surface area contributed by atoms with Crippen molar-refractivity contribution in [3.63, 3.8) is 0 Å². The van der Waals surface area contributed by atoms with Gasteiger partial charge in [-0.05, 0) is 49.2 Å². The van der Waals surface area contributed by atoms with Crippen molar-refractivity contribution >= 4 is 24.1 Å². The third-order valence-electron chi connectivity index (χ3n) is 3.63. The van der Waals surface area contributed by atoms with Gasteiger partial charge in [-0.2, -0.15) is 0 Å². The zero-order valence-corrected chi connectivity index (χ0v) is 15.5. The Hall–Kier alpha value is -3.55. The lowest BCUT2D eigenvalue weighted by atomic mass is 10.1. The molecular weight excluding hydrogens is 350 g/mol. The van der Waals surface area contributed by atoms with E-state index in [0.717, 1.165) is 11.1 Å². The van der Waals surface area contributed by atoms with Gasteiger partial charge in [-0.25, -0.2) is 9.59 Å². The number of carbonyl (C=O) groups excluding carboxylic acids is 2. The number of rotatable bonds is 4. The van der Waals surface area contributed by atoms with Gasteiger partial charge in [-0.1, -0.05) is 0 Å². The minimum Gasteiger partial charge on any atom is -0.507 e. The molecule has 8 nitrogen and oxygen atoms in total. The van der Waals surface area contributed by atoms with Gasteiger partial charge in [0.2, 0.25) is 0 Å². The molecule has 2 rings (SSSR count). The van der Waals surface area contributed by atoms with Crippen LogP contribution in [0.15, 0.2) is 35.3 Å². The fourth-order valence-electron chi connectivity index (χ4n) is 2.33. The molecule has 3 N–H and O–H groups in total. The number of hydrogen-bond donors (Lipinski definition) is 3. The minimum absolute atomic E-state index is 0.0740. The van der Waals surface area contributed by atoms with Gasteiger partial charge >= 0.3 is 12.2 Å². The van der Waals surface area contributed by atoms with Crippen molar-refractivity contribution in [2.24, 2.45) is 4.99 Å². The molecule has 0 spiro atoms. The number of carbonyl (C=O) groups is 2. The van der Waals surface area contributed by atoms with Crippen molar-refractivity contribution in [2.45, 2.75) is 13.8 Å². The molecule has 0 radical (unpaired) electrons. The van der Waals surface area contributed by atoms with Crippen LogP contribution in [0.2, 0.25) is 0 Å². The maximum atomic E-state index is 11.3.